The second-order valence-electron chi connectivity index (χ2n) is 31.6. The summed E-state index contributed by atoms with van der Waals surface area (Å²) in [5.41, 5.74) is 14.9. The van der Waals surface area contributed by atoms with Crippen LogP contribution >= 0.6 is 44.0 Å². The lowest BCUT2D eigenvalue weighted by Crippen LogP contribution is -2.52. The largest absolute Gasteiger partial charge is 0.503 e. The highest BCUT2D eigenvalue weighted by molar-refractivity contribution is 7.16. The molecular weight excluding hydrogens is 1490 g/mol. The minimum Gasteiger partial charge on any atom is -0.503 e. The van der Waals surface area contributed by atoms with Gasteiger partial charge in [-0.15, -0.1) is 32.4 Å². The van der Waals surface area contributed by atoms with Crippen LogP contribution in [0.3, 0.4) is 0 Å². The van der Waals surface area contributed by atoms with Crippen molar-refractivity contribution in [2.24, 2.45) is 40.9 Å². The zero-order valence-electron chi connectivity index (χ0n) is 71.7. The van der Waals surface area contributed by atoms with Crippen LogP contribution in [0.4, 0.5) is 23.6 Å². The molecule has 1 aromatic heterocycles. The number of halogens is 4. The van der Waals surface area contributed by atoms with Crippen molar-refractivity contribution in [3.8, 4) is 5.75 Å². The summed E-state index contributed by atoms with van der Waals surface area (Å²) in [6, 6.07) is 16.1. The number of nitrogens with zero attached hydrogens (tertiary/aromatic N) is 3. The number of alkyl carbamates (subject to hydrolysis) is 3. The number of ether oxygens (including phenoxy) is 4. The molecule has 2 aromatic carbocycles. The SMILES string of the molecule is CC(C)C=O.CC(C)CN1C[C@@H](C)N2C(=O)c3c(O)c(=O)c(C(=O)CCc4ccc(F)cc4)cn3CC12.CC(C)CNC[C@@H](C)N.CC(C)CNC[C@@H](C)NC(=O)OC(C)(C)C.CCC[C@H](C)N.CCC[C@H](C)NC(=O)OC(C)(C)C.CCP.C[C@@H](CN)NC(=O)OC(C)(C)C.ClCCl.O=C(Cl)OCc1ccccc1. The van der Waals surface area contributed by atoms with Crippen molar-refractivity contribution in [3.63, 3.8) is 0 Å². The van der Waals surface area contributed by atoms with Crippen molar-refractivity contribution in [3.05, 3.63) is 99.2 Å². The number of aryl methyl sites for hydroxylation is 1. The smallest absolute Gasteiger partial charge is 0.407 e. The number of nitrogens with one attached hydrogen (secondary N) is 5. The van der Waals surface area contributed by atoms with Gasteiger partial charge in [0.25, 0.3) is 5.91 Å². The van der Waals surface area contributed by atoms with Crippen molar-refractivity contribution < 1.29 is 62.0 Å². The molecular formula is C81H148Cl3FN11O13P. The van der Waals surface area contributed by atoms with E-state index >= 15 is 0 Å². The van der Waals surface area contributed by atoms with Crippen molar-refractivity contribution in [1.82, 2.24) is 41.0 Å². The van der Waals surface area contributed by atoms with Crippen LogP contribution in [-0.4, -0.2) is 178 Å². The number of rotatable bonds is 25. The van der Waals surface area contributed by atoms with Gasteiger partial charge >= 0.3 is 23.7 Å². The second-order valence-corrected chi connectivity index (χ2v) is 33.5. The maximum atomic E-state index is 13.2. The molecule has 638 valence electrons. The number of alkyl halides is 2. The Labute approximate surface area is 679 Å². The monoisotopic (exact) mass is 1640 g/mol. The van der Waals surface area contributed by atoms with Gasteiger partial charge in [-0.25, -0.2) is 23.6 Å². The highest BCUT2D eigenvalue weighted by Gasteiger charge is 2.46. The number of benzene rings is 2. The summed E-state index contributed by atoms with van der Waals surface area (Å²) in [7, 11) is 2.58. The predicted molar refractivity (Wildman–Crippen MR) is 456 cm³/mol. The molecule has 12 N–H and O–H groups in total. The molecule has 2 aliphatic rings. The third-order valence-electron chi connectivity index (χ3n) is 13.8. The van der Waals surface area contributed by atoms with Crippen LogP contribution in [0.2, 0.25) is 0 Å². The number of carbonyl (C=O) groups is 7. The van der Waals surface area contributed by atoms with E-state index < -0.39 is 45.3 Å². The van der Waals surface area contributed by atoms with Gasteiger partial charge in [0.2, 0.25) is 5.43 Å². The van der Waals surface area contributed by atoms with E-state index in [0.717, 1.165) is 81.9 Å². The fraction of sp³-hybridized carbons (Fsp3) is 0.704. The van der Waals surface area contributed by atoms with Crippen LogP contribution in [0.25, 0.3) is 0 Å². The standard InChI is InChI=1S/C24H28FN3O4.C12H26N2O2.C10H21NO2.C8H7ClO2.C8H18N2O2.C7H18N2.C5H13N.C4H8O.C2H7P.CH2Cl2/c1-14(2)10-26-11-15(3)28-20(26)13-27-12-18(22(30)23(31)21(27)24(28)32)19(29)9-6-16-4-7-17(25)8-5-16;1-9(2)7-13-8-10(3)14-11(15)16-12(4,5)6;1-6-7-8(2)11-9(12)13-10(3,4)5;9-8(10)11-6-7-4-2-1-3-5-7;1-6(5-9)10-7(11)12-8(2,3)4;1-6(2)4-9-5-7(3)8;1-3-4-5(2)6;1-4(2)3-5;1-2-3;2-1-3/h4-5,7-8,12,14-15,20,31H,6,9-11,13H2,1-3H3;9-10,13H,7-8H2,1-6H3,(H,14,15);8H,6-7H2,1-5H3,(H,11,12);1-5H,6H2;6H,5,9H2,1-4H3,(H,10,11);6-7,9H,4-5,8H2,1-3H3;5H,3-4,6H2,1-2H3;3-4H,1-2H3;2-3H2,1H3;1H2/t15-,20?;10-;8-;;6-;7-;5-;;;/m110.010.../s1. The molecule has 0 radical (unpaired) electrons. The van der Waals surface area contributed by atoms with Crippen LogP contribution in [0.1, 0.15) is 244 Å². The normalized spacial score (nSPS) is 14.7. The number of carbonyl (C=O) groups excluding carboxylic acids is 7. The number of aromatic hydroxyl groups is 1. The fourth-order valence-electron chi connectivity index (χ4n) is 9.28. The van der Waals surface area contributed by atoms with Crippen LogP contribution < -0.4 is 49.2 Å². The number of aldehydes is 1. The van der Waals surface area contributed by atoms with E-state index in [1.165, 1.54) is 30.9 Å². The van der Waals surface area contributed by atoms with Gasteiger partial charge in [0.1, 0.15) is 41.7 Å². The Kier molecular flexibility index (Phi) is 65.3. The van der Waals surface area contributed by atoms with E-state index in [2.05, 4.69) is 108 Å². The average molecular weight is 1640 g/mol. The van der Waals surface area contributed by atoms with Gasteiger partial charge in [-0.2, -0.15) is 0 Å². The first kappa shape index (κ1) is 113. The summed E-state index contributed by atoms with van der Waals surface area (Å²) in [6.07, 6.45) is 7.01. The first-order chi connectivity index (χ1) is 50.9. The first-order valence-corrected chi connectivity index (χ1v) is 40.7. The van der Waals surface area contributed by atoms with Crippen LogP contribution in [0, 0.1) is 29.5 Å². The first-order valence-electron chi connectivity index (χ1n) is 38.4. The zero-order chi connectivity index (χ0) is 86.3. The van der Waals surface area contributed by atoms with E-state index in [-0.39, 0.29) is 95.8 Å². The molecule has 1 saturated heterocycles. The second kappa shape index (κ2) is 63.6. The van der Waals surface area contributed by atoms with Crippen molar-refractivity contribution in [2.45, 2.75) is 291 Å². The van der Waals surface area contributed by atoms with Gasteiger partial charge in [-0.1, -0.05) is 131 Å². The number of ketones is 1. The summed E-state index contributed by atoms with van der Waals surface area (Å²) in [5, 5.41) is 25.5. The Bertz CT molecular complexity index is 2980. The molecule has 110 heavy (non-hydrogen) atoms. The Balaban J connectivity index is -0.000000405. The van der Waals surface area contributed by atoms with Gasteiger partial charge in [0.05, 0.1) is 17.4 Å². The number of nitrogens with two attached hydrogens (primary N) is 3. The third kappa shape index (κ3) is 64.8. The molecule has 3 heterocycles. The Hall–Kier alpha value is -5.73. The van der Waals surface area contributed by atoms with Gasteiger partial charge < -0.3 is 82.1 Å². The minimum atomic E-state index is -0.821. The minimum absolute atomic E-state index is 0.0356. The van der Waals surface area contributed by atoms with Gasteiger partial charge in [-0.05, 0) is 183 Å². The summed E-state index contributed by atoms with van der Waals surface area (Å²) in [5.74, 6) is 0.135. The molecule has 0 bridgehead atoms. The molecule has 24 nitrogen and oxygen atoms in total. The quantitative estimate of drug-likeness (QED) is 0.00950. The third-order valence-corrected chi connectivity index (χ3v) is 13.9. The lowest BCUT2D eigenvalue weighted by Gasteiger charge is -2.38. The molecule has 0 spiro atoms. The van der Waals surface area contributed by atoms with Crippen molar-refractivity contribution >= 4 is 85.7 Å². The van der Waals surface area contributed by atoms with Gasteiger partial charge in [0.15, 0.2) is 17.2 Å². The summed E-state index contributed by atoms with van der Waals surface area (Å²) < 4.78 is 34.5. The number of pyridine rings is 1. The molecule has 4 amide bonds. The molecule has 5 rings (SSSR count). The maximum absolute atomic E-state index is 13.2. The van der Waals surface area contributed by atoms with E-state index in [1.54, 1.807) is 21.6 Å². The average Bonchev–Trinajstić information content (AvgIpc) is 1.48. The van der Waals surface area contributed by atoms with E-state index in [9.17, 15) is 47.9 Å². The molecule has 2 aliphatic heterocycles. The number of aromatic nitrogens is 1. The number of Topliss-reactive ketones (excluding diaryl/α,β-unsaturated/α-hetero) is 1. The van der Waals surface area contributed by atoms with Crippen LogP contribution in [0.15, 0.2) is 65.6 Å². The molecule has 1 fully saturated rings. The Morgan fingerprint density at radius 1 is 0.655 bits per heavy atom. The van der Waals surface area contributed by atoms with E-state index in [1.807, 2.05) is 148 Å². The highest BCUT2D eigenvalue weighted by Crippen LogP contribution is 2.32. The van der Waals surface area contributed by atoms with Crippen molar-refractivity contribution in [2.75, 3.05) is 57.3 Å². The zero-order valence-corrected chi connectivity index (χ0v) is 75.2. The topological polar surface area (TPSA) is 343 Å². The summed E-state index contributed by atoms with van der Waals surface area (Å²) in [6.45, 7) is 57.6. The van der Waals surface area contributed by atoms with Crippen LogP contribution in [0.5, 0.6) is 5.75 Å². The molecule has 29 heteroatoms. The number of hydrogen-bond donors (Lipinski definition) is 9. The molecule has 8 atom stereocenters. The van der Waals surface area contributed by atoms with Gasteiger partial charge in [0, 0.05) is 99.1 Å². The molecule has 0 aliphatic carbocycles. The maximum Gasteiger partial charge on any atom is 0.407 e. The highest BCUT2D eigenvalue weighted by atomic mass is 35.5. The van der Waals surface area contributed by atoms with E-state index in [0.29, 0.717) is 37.4 Å². The molecule has 0 saturated carbocycles. The molecule has 2 unspecified atom stereocenters. The Morgan fingerprint density at radius 3 is 1.46 bits per heavy atom. The van der Waals surface area contributed by atoms with Crippen LogP contribution in [-0.2, 0) is 43.3 Å². The number of amides is 4. The van der Waals surface area contributed by atoms with E-state index in [4.69, 9.17) is 66.2 Å². The number of hydrogen-bond acceptors (Lipinski definition) is 19. The summed E-state index contributed by atoms with van der Waals surface area (Å²) >= 11 is 14.5. The Morgan fingerprint density at radius 2 is 1.09 bits per heavy atom. The summed E-state index contributed by atoms with van der Waals surface area (Å²) in [4.78, 5) is 96.0. The lowest BCUT2D eigenvalue weighted by atomic mass is 10.0. The molecule has 3 aromatic rings. The fourth-order valence-corrected chi connectivity index (χ4v) is 9.34. The van der Waals surface area contributed by atoms with Gasteiger partial charge in [-0.3, -0.25) is 19.3 Å². The van der Waals surface area contributed by atoms with Crippen molar-refractivity contribution in [1.29, 1.82) is 0 Å². The lowest BCUT2D eigenvalue weighted by molar-refractivity contribution is -0.110. The number of fused-ring (bicyclic) bond motifs is 2. The predicted octanol–water partition coefficient (Wildman–Crippen LogP) is 15.8.